The Bertz CT molecular complexity index is 365. The Balaban J connectivity index is 1.58. The fourth-order valence-electron chi connectivity index (χ4n) is 4.01. The standard InChI is InChI=1S/C16H29N3O2/c17-15(20)16(18-14-4-5-14)7-1-3-13(16)6-9-19-8-2-11-21-12-10-19/h13-14,18H,1-12H2,(H2,17,20). The maximum absolute atomic E-state index is 12.1. The van der Waals surface area contributed by atoms with Crippen molar-refractivity contribution in [2.24, 2.45) is 11.7 Å². The van der Waals surface area contributed by atoms with Crippen LogP contribution in [0.15, 0.2) is 0 Å². The zero-order chi connectivity index (χ0) is 14.7. The average molecular weight is 295 g/mol. The molecule has 1 aliphatic heterocycles. The SMILES string of the molecule is NC(=O)C1(NC2CC2)CCCC1CCN1CCCOCC1. The van der Waals surface area contributed by atoms with Crippen LogP contribution in [0.3, 0.4) is 0 Å². The first-order valence-electron chi connectivity index (χ1n) is 8.58. The quantitative estimate of drug-likeness (QED) is 0.763. The van der Waals surface area contributed by atoms with Gasteiger partial charge in [0.15, 0.2) is 0 Å². The van der Waals surface area contributed by atoms with Crippen molar-refractivity contribution < 1.29 is 9.53 Å². The zero-order valence-corrected chi connectivity index (χ0v) is 13.0. The maximum Gasteiger partial charge on any atom is 0.238 e. The molecule has 2 unspecified atom stereocenters. The third-order valence-corrected chi connectivity index (χ3v) is 5.41. The summed E-state index contributed by atoms with van der Waals surface area (Å²) in [6.07, 6.45) is 7.76. The Morgan fingerprint density at radius 3 is 2.86 bits per heavy atom. The van der Waals surface area contributed by atoms with Crippen LogP contribution in [0.25, 0.3) is 0 Å². The third kappa shape index (κ3) is 3.58. The molecular weight excluding hydrogens is 266 g/mol. The molecule has 0 aromatic rings. The highest BCUT2D eigenvalue weighted by Gasteiger charge is 2.49. The fraction of sp³-hybridized carbons (Fsp3) is 0.938. The molecule has 3 rings (SSSR count). The minimum absolute atomic E-state index is 0.129. The fourth-order valence-corrected chi connectivity index (χ4v) is 4.01. The molecule has 5 nitrogen and oxygen atoms in total. The number of carbonyl (C=O) groups excluding carboxylic acids is 1. The Morgan fingerprint density at radius 1 is 1.24 bits per heavy atom. The van der Waals surface area contributed by atoms with E-state index in [1.807, 2.05) is 0 Å². The zero-order valence-electron chi connectivity index (χ0n) is 13.0. The third-order valence-electron chi connectivity index (χ3n) is 5.41. The molecular formula is C16H29N3O2. The Morgan fingerprint density at radius 2 is 2.10 bits per heavy atom. The second-order valence-electron chi connectivity index (χ2n) is 6.94. The predicted molar refractivity (Wildman–Crippen MR) is 81.9 cm³/mol. The first-order valence-corrected chi connectivity index (χ1v) is 8.58. The highest BCUT2D eigenvalue weighted by molar-refractivity contribution is 5.85. The summed E-state index contributed by atoms with van der Waals surface area (Å²) in [5.41, 5.74) is 5.37. The van der Waals surface area contributed by atoms with Crippen molar-refractivity contribution in [2.75, 3.05) is 32.8 Å². The summed E-state index contributed by atoms with van der Waals surface area (Å²) in [5, 5.41) is 3.60. The lowest BCUT2D eigenvalue weighted by Gasteiger charge is -2.35. The highest BCUT2D eigenvalue weighted by atomic mass is 16.5. The highest BCUT2D eigenvalue weighted by Crippen LogP contribution is 2.40. The van der Waals surface area contributed by atoms with E-state index >= 15 is 0 Å². The summed E-state index contributed by atoms with van der Waals surface area (Å²) >= 11 is 0. The van der Waals surface area contributed by atoms with Gasteiger partial charge < -0.3 is 20.7 Å². The number of hydrogen-bond donors (Lipinski definition) is 2. The summed E-state index contributed by atoms with van der Waals surface area (Å²) in [5.74, 6) is 0.274. The van der Waals surface area contributed by atoms with Crippen molar-refractivity contribution in [1.82, 2.24) is 10.2 Å². The van der Waals surface area contributed by atoms with E-state index in [9.17, 15) is 4.79 Å². The number of nitrogens with one attached hydrogen (secondary N) is 1. The van der Waals surface area contributed by atoms with Crippen LogP contribution in [0.5, 0.6) is 0 Å². The van der Waals surface area contributed by atoms with Gasteiger partial charge in [0.25, 0.3) is 0 Å². The number of amides is 1. The monoisotopic (exact) mass is 295 g/mol. The lowest BCUT2D eigenvalue weighted by molar-refractivity contribution is -0.126. The summed E-state index contributed by atoms with van der Waals surface area (Å²) in [7, 11) is 0. The molecule has 3 N–H and O–H groups in total. The summed E-state index contributed by atoms with van der Waals surface area (Å²) in [4.78, 5) is 14.6. The van der Waals surface area contributed by atoms with Gasteiger partial charge in [-0.15, -0.1) is 0 Å². The first kappa shape index (κ1) is 15.3. The van der Waals surface area contributed by atoms with E-state index in [-0.39, 0.29) is 5.91 Å². The number of rotatable bonds is 6. The summed E-state index contributed by atoms with van der Waals surface area (Å²) in [6, 6.07) is 0.532. The minimum Gasteiger partial charge on any atom is -0.380 e. The van der Waals surface area contributed by atoms with Crippen LogP contribution in [0, 0.1) is 5.92 Å². The van der Waals surface area contributed by atoms with Gasteiger partial charge in [0.2, 0.25) is 5.91 Å². The van der Waals surface area contributed by atoms with Crippen molar-refractivity contribution in [1.29, 1.82) is 0 Å². The first-order chi connectivity index (χ1) is 10.2. The van der Waals surface area contributed by atoms with Crippen LogP contribution in [-0.2, 0) is 9.53 Å². The van der Waals surface area contributed by atoms with Gasteiger partial charge in [-0.05, 0) is 51.0 Å². The van der Waals surface area contributed by atoms with Gasteiger partial charge in [-0.25, -0.2) is 0 Å². The molecule has 0 radical (unpaired) electrons. The van der Waals surface area contributed by atoms with E-state index in [2.05, 4.69) is 10.2 Å². The molecule has 21 heavy (non-hydrogen) atoms. The number of nitrogens with zero attached hydrogens (tertiary/aromatic N) is 1. The van der Waals surface area contributed by atoms with Crippen molar-refractivity contribution >= 4 is 5.91 Å². The minimum atomic E-state index is -0.427. The second-order valence-corrected chi connectivity index (χ2v) is 6.94. The van der Waals surface area contributed by atoms with Gasteiger partial charge >= 0.3 is 0 Å². The molecule has 0 bridgehead atoms. The van der Waals surface area contributed by atoms with Gasteiger partial charge in [-0.2, -0.15) is 0 Å². The molecule has 0 aromatic heterocycles. The van der Waals surface area contributed by atoms with Crippen LogP contribution in [0.2, 0.25) is 0 Å². The van der Waals surface area contributed by atoms with Crippen LogP contribution >= 0.6 is 0 Å². The van der Waals surface area contributed by atoms with E-state index in [0.717, 1.165) is 65.0 Å². The van der Waals surface area contributed by atoms with Crippen LogP contribution in [-0.4, -0.2) is 55.2 Å². The van der Waals surface area contributed by atoms with Gasteiger partial charge in [0, 0.05) is 25.7 Å². The molecule has 0 aromatic carbocycles. The number of ether oxygens (including phenoxy) is 1. The Kier molecular flexibility index (Phi) is 4.82. The molecule has 2 atom stereocenters. The molecule has 3 aliphatic rings. The van der Waals surface area contributed by atoms with Gasteiger partial charge in [-0.1, -0.05) is 6.42 Å². The van der Waals surface area contributed by atoms with Crippen molar-refractivity contribution in [3.63, 3.8) is 0 Å². The largest absolute Gasteiger partial charge is 0.380 e. The molecule has 1 amide bonds. The number of hydrogen-bond acceptors (Lipinski definition) is 4. The molecule has 2 aliphatic carbocycles. The number of carbonyl (C=O) groups is 1. The van der Waals surface area contributed by atoms with Crippen molar-refractivity contribution in [2.45, 2.75) is 56.5 Å². The molecule has 120 valence electrons. The summed E-state index contributed by atoms with van der Waals surface area (Å²) in [6.45, 7) is 4.93. The molecule has 2 saturated carbocycles. The molecule has 5 heteroatoms. The van der Waals surface area contributed by atoms with Crippen molar-refractivity contribution in [3.05, 3.63) is 0 Å². The van der Waals surface area contributed by atoms with Gasteiger partial charge in [-0.3, -0.25) is 4.79 Å². The maximum atomic E-state index is 12.1. The lowest BCUT2D eigenvalue weighted by Crippen LogP contribution is -2.59. The number of primary amides is 1. The van der Waals surface area contributed by atoms with Crippen LogP contribution in [0.4, 0.5) is 0 Å². The van der Waals surface area contributed by atoms with Crippen LogP contribution in [0.1, 0.15) is 44.9 Å². The van der Waals surface area contributed by atoms with E-state index in [0.29, 0.717) is 12.0 Å². The lowest BCUT2D eigenvalue weighted by atomic mass is 9.83. The summed E-state index contributed by atoms with van der Waals surface area (Å²) < 4.78 is 5.51. The second kappa shape index (κ2) is 6.63. The van der Waals surface area contributed by atoms with Crippen LogP contribution < -0.4 is 11.1 Å². The molecule has 1 saturated heterocycles. The van der Waals surface area contributed by atoms with Gasteiger partial charge in [0.1, 0.15) is 5.54 Å². The molecule has 1 heterocycles. The Hall–Kier alpha value is -0.650. The molecule has 3 fully saturated rings. The van der Waals surface area contributed by atoms with E-state index in [1.54, 1.807) is 0 Å². The predicted octanol–water partition coefficient (Wildman–Crippen LogP) is 0.875. The topological polar surface area (TPSA) is 67.6 Å². The van der Waals surface area contributed by atoms with Crippen molar-refractivity contribution in [3.8, 4) is 0 Å². The van der Waals surface area contributed by atoms with E-state index in [1.165, 1.54) is 12.8 Å². The smallest absolute Gasteiger partial charge is 0.238 e. The average Bonchev–Trinajstić information content (AvgIpc) is 3.22. The normalized spacial score (nSPS) is 34.8. The number of nitrogens with two attached hydrogens (primary N) is 1. The Labute approximate surface area is 127 Å². The van der Waals surface area contributed by atoms with E-state index in [4.69, 9.17) is 10.5 Å². The van der Waals surface area contributed by atoms with Gasteiger partial charge in [0.05, 0.1) is 6.61 Å². The van der Waals surface area contributed by atoms with E-state index < -0.39 is 5.54 Å². The molecule has 0 spiro atoms.